The molecule has 37 heavy (non-hydrogen) atoms. The highest BCUT2D eigenvalue weighted by molar-refractivity contribution is 8.00. The lowest BCUT2D eigenvalue weighted by atomic mass is 10.0. The second kappa shape index (κ2) is 11.2. The number of pyridine rings is 1. The fourth-order valence-electron chi connectivity index (χ4n) is 3.62. The van der Waals surface area contributed by atoms with E-state index in [2.05, 4.69) is 25.8 Å². The van der Waals surface area contributed by atoms with Gasteiger partial charge in [0, 0.05) is 30.1 Å². The topological polar surface area (TPSA) is 189 Å². The molecule has 0 bridgehead atoms. The van der Waals surface area contributed by atoms with E-state index >= 15 is 0 Å². The molecular formula is C22H21N7O6S2. The van der Waals surface area contributed by atoms with Gasteiger partial charge < -0.3 is 26.3 Å². The van der Waals surface area contributed by atoms with Crippen LogP contribution in [0.15, 0.2) is 58.5 Å². The van der Waals surface area contributed by atoms with Gasteiger partial charge in [-0.05, 0) is 17.7 Å². The van der Waals surface area contributed by atoms with Gasteiger partial charge in [0.25, 0.3) is 17.7 Å². The molecule has 3 amide bonds. The summed E-state index contributed by atoms with van der Waals surface area (Å²) in [6.45, 7) is 0.146. The molecule has 0 aromatic carbocycles. The van der Waals surface area contributed by atoms with Crippen LogP contribution in [0.25, 0.3) is 0 Å². The molecule has 2 aromatic rings. The number of hydrogen-bond donors (Lipinski definition) is 4. The SMILES string of the molecule is CO/N=C(\C(=O)N[C@@H]1C(=O)N2C(C(=O)O)=C(/C=C/CNC(=O)c3cccnc3)CS[C@H]12)c1csc(N)n1. The third-order valence-electron chi connectivity index (χ3n) is 5.27. The molecule has 1 saturated heterocycles. The van der Waals surface area contributed by atoms with Gasteiger partial charge in [0.2, 0.25) is 0 Å². The van der Waals surface area contributed by atoms with Gasteiger partial charge in [-0.1, -0.05) is 17.3 Å². The van der Waals surface area contributed by atoms with Crippen molar-refractivity contribution in [2.75, 3.05) is 25.1 Å². The summed E-state index contributed by atoms with van der Waals surface area (Å²) in [6, 6.07) is 2.30. The lowest BCUT2D eigenvalue weighted by molar-refractivity contribution is -0.150. The molecule has 4 rings (SSSR count). The summed E-state index contributed by atoms with van der Waals surface area (Å²) in [5, 5.41) is 19.9. The van der Waals surface area contributed by atoms with E-state index in [4.69, 9.17) is 10.6 Å². The summed E-state index contributed by atoms with van der Waals surface area (Å²) in [7, 11) is 1.26. The summed E-state index contributed by atoms with van der Waals surface area (Å²) < 4.78 is 0. The van der Waals surface area contributed by atoms with Gasteiger partial charge >= 0.3 is 5.97 Å². The van der Waals surface area contributed by atoms with Crippen molar-refractivity contribution in [3.8, 4) is 0 Å². The number of thioether (sulfide) groups is 1. The van der Waals surface area contributed by atoms with Crippen molar-refractivity contribution < 1.29 is 29.1 Å². The van der Waals surface area contributed by atoms with E-state index in [1.807, 2.05) is 0 Å². The number of β-lactam (4-membered cyclic amide) rings is 1. The predicted molar refractivity (Wildman–Crippen MR) is 135 cm³/mol. The van der Waals surface area contributed by atoms with Crippen molar-refractivity contribution in [1.82, 2.24) is 25.5 Å². The van der Waals surface area contributed by atoms with Gasteiger partial charge in [-0.2, -0.15) is 0 Å². The zero-order chi connectivity index (χ0) is 26.5. The Bertz CT molecular complexity index is 1320. The number of nitrogens with zero attached hydrogens (tertiary/aromatic N) is 4. The smallest absolute Gasteiger partial charge is 0.352 e. The second-order valence-electron chi connectivity index (χ2n) is 7.59. The van der Waals surface area contributed by atoms with E-state index in [0.29, 0.717) is 11.1 Å². The average Bonchev–Trinajstić information content (AvgIpc) is 3.33. The standard InChI is InChI=1S/C22H21N7O6S2/c1-35-28-14(13-10-37-22(23)26-13)18(31)27-15-19(32)29-16(21(33)34)12(9-36-20(15)29)5-3-7-25-17(30)11-4-2-6-24-8-11/h2-6,8,10,15,20H,7,9H2,1H3,(H2,23,26)(H,25,30)(H,27,31)(H,33,34)/b5-3+,28-14-/t15-,20-/m1/s1. The number of allylic oxidation sites excluding steroid dienone is 1. The molecule has 192 valence electrons. The van der Waals surface area contributed by atoms with Crippen LogP contribution < -0.4 is 16.4 Å². The number of rotatable bonds is 9. The first kappa shape index (κ1) is 25.8. The number of hydrogen-bond acceptors (Lipinski definition) is 11. The first-order valence-corrected chi connectivity index (χ1v) is 12.6. The number of oxime groups is 1. The second-order valence-corrected chi connectivity index (χ2v) is 9.58. The monoisotopic (exact) mass is 543 g/mol. The number of aromatic nitrogens is 2. The van der Waals surface area contributed by atoms with E-state index < -0.39 is 29.2 Å². The Kier molecular flexibility index (Phi) is 7.83. The molecular weight excluding hydrogens is 522 g/mol. The maximum atomic E-state index is 12.9. The van der Waals surface area contributed by atoms with Gasteiger partial charge in [-0.15, -0.1) is 23.1 Å². The van der Waals surface area contributed by atoms with Crippen molar-refractivity contribution in [1.29, 1.82) is 0 Å². The van der Waals surface area contributed by atoms with Gasteiger partial charge in [0.05, 0.1) is 5.56 Å². The molecule has 2 aromatic heterocycles. The molecule has 15 heteroatoms. The Morgan fingerprint density at radius 1 is 1.41 bits per heavy atom. The predicted octanol–water partition coefficient (Wildman–Crippen LogP) is 0.196. The third-order valence-corrected chi connectivity index (χ3v) is 7.25. The molecule has 0 unspecified atom stereocenters. The highest BCUT2D eigenvalue weighted by atomic mass is 32.2. The van der Waals surface area contributed by atoms with Gasteiger partial charge in [0.1, 0.15) is 29.9 Å². The first-order chi connectivity index (χ1) is 17.8. The van der Waals surface area contributed by atoms with E-state index in [1.54, 1.807) is 30.5 Å². The van der Waals surface area contributed by atoms with Crippen molar-refractivity contribution in [2.45, 2.75) is 11.4 Å². The van der Waals surface area contributed by atoms with E-state index in [-0.39, 0.29) is 40.4 Å². The van der Waals surface area contributed by atoms with Crippen LogP contribution >= 0.6 is 23.1 Å². The Morgan fingerprint density at radius 3 is 2.86 bits per heavy atom. The number of carbonyl (C=O) groups is 4. The summed E-state index contributed by atoms with van der Waals surface area (Å²) in [6.07, 6.45) is 6.15. The molecule has 1 fully saturated rings. The molecule has 0 spiro atoms. The van der Waals surface area contributed by atoms with Crippen LogP contribution in [-0.4, -0.2) is 80.2 Å². The zero-order valence-corrected chi connectivity index (χ0v) is 20.9. The van der Waals surface area contributed by atoms with Crippen LogP contribution in [0.4, 0.5) is 5.13 Å². The zero-order valence-electron chi connectivity index (χ0n) is 19.3. The number of thiazole rings is 1. The molecule has 2 aliphatic rings. The van der Waals surface area contributed by atoms with Crippen LogP contribution in [0.1, 0.15) is 16.1 Å². The van der Waals surface area contributed by atoms with Crippen LogP contribution in [0, 0.1) is 0 Å². The Morgan fingerprint density at radius 2 is 2.22 bits per heavy atom. The summed E-state index contributed by atoms with van der Waals surface area (Å²) in [5.41, 5.74) is 6.29. The number of nitrogens with two attached hydrogens (primary N) is 1. The third kappa shape index (κ3) is 5.46. The number of nitrogen functional groups attached to an aromatic ring is 1. The number of fused-ring (bicyclic) bond motifs is 1. The number of carbonyl (C=O) groups excluding carboxylic acids is 3. The number of amides is 3. The molecule has 5 N–H and O–H groups in total. The van der Waals surface area contributed by atoms with E-state index in [9.17, 15) is 24.3 Å². The Labute approximate surface area is 218 Å². The van der Waals surface area contributed by atoms with Gasteiger partial charge in [0.15, 0.2) is 10.8 Å². The first-order valence-electron chi connectivity index (χ1n) is 10.7. The van der Waals surface area contributed by atoms with Gasteiger partial charge in [-0.25, -0.2) is 9.78 Å². The molecule has 4 heterocycles. The molecule has 0 saturated carbocycles. The van der Waals surface area contributed by atoms with E-state index in [1.165, 1.54) is 30.4 Å². The van der Waals surface area contributed by atoms with Crippen molar-refractivity contribution in [3.05, 3.63) is 64.6 Å². The minimum atomic E-state index is -1.28. The van der Waals surface area contributed by atoms with Crippen molar-refractivity contribution in [3.63, 3.8) is 0 Å². The summed E-state index contributed by atoms with van der Waals surface area (Å²) in [4.78, 5) is 63.6. The number of carboxylic acids is 1. The van der Waals surface area contributed by atoms with Crippen LogP contribution in [0.5, 0.6) is 0 Å². The molecule has 2 aliphatic heterocycles. The fourth-order valence-corrected chi connectivity index (χ4v) is 5.49. The number of nitrogens with one attached hydrogen (secondary N) is 2. The van der Waals surface area contributed by atoms with Crippen LogP contribution in [0.3, 0.4) is 0 Å². The Balaban J connectivity index is 1.43. The number of anilines is 1. The van der Waals surface area contributed by atoms with Gasteiger partial charge in [-0.3, -0.25) is 24.3 Å². The fraction of sp³-hybridized carbons (Fsp3) is 0.227. The largest absolute Gasteiger partial charge is 0.477 e. The minimum Gasteiger partial charge on any atom is -0.477 e. The maximum Gasteiger partial charge on any atom is 0.352 e. The number of carboxylic acid groups (broad SMARTS) is 1. The minimum absolute atomic E-state index is 0.146. The number of aliphatic carboxylic acids is 1. The average molecular weight is 544 g/mol. The van der Waals surface area contributed by atoms with Crippen molar-refractivity contribution >= 4 is 57.6 Å². The maximum absolute atomic E-state index is 12.9. The Hall–Kier alpha value is -4.24. The lowest BCUT2D eigenvalue weighted by Gasteiger charge is -2.49. The highest BCUT2D eigenvalue weighted by Gasteiger charge is 2.54. The normalized spacial score (nSPS) is 19.3. The van der Waals surface area contributed by atoms with Crippen molar-refractivity contribution in [2.24, 2.45) is 5.16 Å². The van der Waals surface area contributed by atoms with Crippen LogP contribution in [-0.2, 0) is 19.2 Å². The molecule has 2 atom stereocenters. The van der Waals surface area contributed by atoms with E-state index in [0.717, 1.165) is 16.2 Å². The quantitative estimate of drug-likeness (QED) is 0.193. The molecule has 0 radical (unpaired) electrons. The highest BCUT2D eigenvalue weighted by Crippen LogP contribution is 2.40. The molecule has 13 nitrogen and oxygen atoms in total. The van der Waals surface area contributed by atoms with Crippen LogP contribution in [0.2, 0.25) is 0 Å². The summed E-state index contributed by atoms with van der Waals surface area (Å²) in [5.74, 6) is -2.61. The lowest BCUT2D eigenvalue weighted by Crippen LogP contribution is -2.71. The molecule has 0 aliphatic carbocycles. The summed E-state index contributed by atoms with van der Waals surface area (Å²) >= 11 is 2.41.